The molecule has 0 aliphatic heterocycles. The second-order valence-electron chi connectivity index (χ2n) is 4.94. The summed E-state index contributed by atoms with van der Waals surface area (Å²) in [5.74, 6) is 0. The number of carbonyl (C=O) groups excluding carboxylic acids is 2. The van der Waals surface area contributed by atoms with Crippen molar-refractivity contribution in [2.45, 2.75) is 62.3 Å². The zero-order chi connectivity index (χ0) is 19.8. The van der Waals surface area contributed by atoms with Crippen LogP contribution in [-0.4, -0.2) is 61.6 Å². The Bertz CT molecular complexity index is 182. The Hall–Kier alpha value is 1.33. The van der Waals surface area contributed by atoms with Crippen molar-refractivity contribution in [3.63, 3.8) is 0 Å². The Morgan fingerprint density at radius 2 is 0.520 bits per heavy atom. The third kappa shape index (κ3) is 36.9. The minimum Gasteiger partial charge on any atom is -0.186 e. The molecule has 0 saturated carbocycles. The summed E-state index contributed by atoms with van der Waals surface area (Å²) in [4.78, 5) is 16.2. The average molecular weight is 505 g/mol. The quantitative estimate of drug-likeness (QED) is 0.250. The molecule has 0 aromatic carbocycles. The third-order valence-electron chi connectivity index (χ3n) is 4.02. The van der Waals surface area contributed by atoms with Crippen LogP contribution in [0.3, 0.4) is 0 Å². The van der Waals surface area contributed by atoms with Crippen LogP contribution < -0.4 is 0 Å². The van der Waals surface area contributed by atoms with Crippen LogP contribution in [0.5, 0.6) is 0 Å². The maximum absolute atomic E-state index is 8.12. The average Bonchev–Trinajstić information content (AvgIpc) is 2.61. The molecule has 0 unspecified atom stereocenters. The van der Waals surface area contributed by atoms with E-state index in [0.29, 0.717) is 23.8 Å². The molecule has 0 aliphatic rings. The second kappa shape index (κ2) is 36.3. The Kier molecular flexibility index (Phi) is 53.9. The van der Waals surface area contributed by atoms with E-state index in [0.717, 1.165) is 0 Å². The van der Waals surface area contributed by atoms with Crippen molar-refractivity contribution in [3.05, 3.63) is 0 Å². The minimum atomic E-state index is 0. The van der Waals surface area contributed by atoms with E-state index in [1.54, 1.807) is 0 Å². The summed E-state index contributed by atoms with van der Waals surface area (Å²) < 4.78 is 0. The fourth-order valence-electron chi connectivity index (χ4n) is 2.01. The molecule has 0 spiro atoms. The van der Waals surface area contributed by atoms with Crippen LogP contribution in [0.4, 0.5) is 0 Å². The molecule has 0 atom stereocenters. The van der Waals surface area contributed by atoms with Gasteiger partial charge in [0.1, 0.15) is 0 Å². The van der Waals surface area contributed by atoms with Gasteiger partial charge >= 0.3 is 6.15 Å². The first kappa shape index (κ1) is 37.1. The van der Waals surface area contributed by atoms with E-state index in [4.69, 9.17) is 9.59 Å². The van der Waals surface area contributed by atoms with Crippen LogP contribution in [-0.2, 0) is 30.0 Å². The van der Waals surface area contributed by atoms with Crippen molar-refractivity contribution in [1.82, 2.24) is 0 Å². The van der Waals surface area contributed by atoms with E-state index in [1.165, 1.54) is 55.5 Å². The topological polar surface area (TPSA) is 34.1 Å². The second-order valence-corrected chi connectivity index (χ2v) is 14.7. The molecular formula is C19H45O2P3Pd. The SMILES string of the molecule is CCP(CC)CC.CCP(CC)CC.CCP(CC)CC.O=C=O.[Pd]. The molecule has 0 aromatic rings. The molecule has 158 valence electrons. The summed E-state index contributed by atoms with van der Waals surface area (Å²) in [7, 11) is 1.34. The third-order valence-corrected chi connectivity index (χ3v) is 12.1. The van der Waals surface area contributed by atoms with Crippen molar-refractivity contribution in [2.24, 2.45) is 0 Å². The van der Waals surface area contributed by atoms with E-state index >= 15 is 0 Å². The Morgan fingerprint density at radius 1 is 0.440 bits per heavy atom. The number of rotatable bonds is 9. The first-order valence-electron chi connectivity index (χ1n) is 9.62. The van der Waals surface area contributed by atoms with Gasteiger partial charge in [-0.05, 0) is 55.5 Å². The molecule has 0 aliphatic carbocycles. The molecule has 25 heavy (non-hydrogen) atoms. The largest absolute Gasteiger partial charge is 0.373 e. The normalized spacial score (nSPS) is 8.96. The van der Waals surface area contributed by atoms with Gasteiger partial charge in [0.15, 0.2) is 0 Å². The number of hydrogen-bond acceptors (Lipinski definition) is 2. The van der Waals surface area contributed by atoms with Crippen LogP contribution in [0.2, 0.25) is 0 Å². The van der Waals surface area contributed by atoms with Crippen molar-refractivity contribution in [1.29, 1.82) is 0 Å². The van der Waals surface area contributed by atoms with Gasteiger partial charge in [0.2, 0.25) is 0 Å². The Morgan fingerprint density at radius 3 is 0.520 bits per heavy atom. The van der Waals surface area contributed by atoms with Gasteiger partial charge in [-0.25, -0.2) is 0 Å². The first-order chi connectivity index (χ1) is 11.5. The predicted octanol–water partition coefficient (Wildman–Crippen LogP) is 7.00. The van der Waals surface area contributed by atoms with Crippen LogP contribution in [0, 0.1) is 0 Å². The van der Waals surface area contributed by atoms with Crippen molar-refractivity contribution in [2.75, 3.05) is 55.5 Å². The molecule has 0 heterocycles. The summed E-state index contributed by atoms with van der Waals surface area (Å²) in [5.41, 5.74) is 0. The van der Waals surface area contributed by atoms with Crippen LogP contribution in [0.1, 0.15) is 62.3 Å². The van der Waals surface area contributed by atoms with Gasteiger partial charge in [0.05, 0.1) is 0 Å². The molecule has 0 bridgehead atoms. The molecule has 0 saturated heterocycles. The van der Waals surface area contributed by atoms with E-state index in [2.05, 4.69) is 62.3 Å². The Balaban J connectivity index is -0.0000000727. The summed E-state index contributed by atoms with van der Waals surface area (Å²) in [6.45, 7) is 20.6. The molecule has 0 radical (unpaired) electrons. The van der Waals surface area contributed by atoms with E-state index in [9.17, 15) is 0 Å². The van der Waals surface area contributed by atoms with Gasteiger partial charge in [-0.1, -0.05) is 62.3 Å². The van der Waals surface area contributed by atoms with Gasteiger partial charge in [0, 0.05) is 20.4 Å². The van der Waals surface area contributed by atoms with Crippen molar-refractivity contribution in [3.8, 4) is 0 Å². The standard InChI is InChI=1S/3C6H15P.CO2.Pd/c3*1-4-7(5-2)6-3;2-1-3;/h3*4-6H2,1-3H3;;. The molecule has 6 heteroatoms. The summed E-state index contributed by atoms with van der Waals surface area (Å²) in [5, 5.41) is 0. The van der Waals surface area contributed by atoms with Gasteiger partial charge in [-0.2, -0.15) is 9.59 Å². The van der Waals surface area contributed by atoms with Crippen LogP contribution in [0.25, 0.3) is 0 Å². The molecule has 0 rings (SSSR count). The molecule has 0 aromatic heterocycles. The van der Waals surface area contributed by atoms with Gasteiger partial charge in [0.25, 0.3) is 0 Å². The molecule has 0 amide bonds. The van der Waals surface area contributed by atoms with E-state index in [-0.39, 0.29) is 26.6 Å². The fourth-order valence-corrected chi connectivity index (χ4v) is 6.04. The maximum atomic E-state index is 8.12. The number of hydrogen-bond donors (Lipinski definition) is 0. The van der Waals surface area contributed by atoms with Gasteiger partial charge < -0.3 is 0 Å². The zero-order valence-corrected chi connectivity index (χ0v) is 22.6. The predicted molar refractivity (Wildman–Crippen MR) is 121 cm³/mol. The van der Waals surface area contributed by atoms with Gasteiger partial charge in [-0.3, -0.25) is 0 Å². The monoisotopic (exact) mass is 504 g/mol. The smallest absolute Gasteiger partial charge is 0.186 e. The van der Waals surface area contributed by atoms with Crippen molar-refractivity contribution >= 4 is 29.9 Å². The fraction of sp³-hybridized carbons (Fsp3) is 0.947. The molecule has 0 N–H and O–H groups in total. The first-order valence-corrected chi connectivity index (χ1v) is 15.3. The van der Waals surface area contributed by atoms with Crippen LogP contribution in [0.15, 0.2) is 0 Å². The zero-order valence-electron chi connectivity index (χ0n) is 18.3. The van der Waals surface area contributed by atoms with Gasteiger partial charge in [-0.15, -0.1) is 23.8 Å². The van der Waals surface area contributed by atoms with Crippen LogP contribution >= 0.6 is 23.8 Å². The summed E-state index contributed by atoms with van der Waals surface area (Å²) in [6.07, 6.45) is 13.0. The Labute approximate surface area is 177 Å². The van der Waals surface area contributed by atoms with E-state index in [1.807, 2.05) is 0 Å². The van der Waals surface area contributed by atoms with Crippen molar-refractivity contribution < 1.29 is 30.0 Å². The summed E-state index contributed by atoms with van der Waals surface area (Å²) in [6, 6.07) is 0. The molecule has 2 nitrogen and oxygen atoms in total. The molecular weight excluding hydrogens is 460 g/mol. The minimum absolute atomic E-state index is 0. The maximum Gasteiger partial charge on any atom is 0.373 e. The van der Waals surface area contributed by atoms with E-state index < -0.39 is 0 Å². The summed E-state index contributed by atoms with van der Waals surface area (Å²) >= 11 is 0. The molecule has 0 fully saturated rings.